The molecule has 0 unspecified atom stereocenters. The summed E-state index contributed by atoms with van der Waals surface area (Å²) < 4.78 is 0. The van der Waals surface area contributed by atoms with Crippen molar-refractivity contribution in [3.63, 3.8) is 0 Å². The zero-order valence-electron chi connectivity index (χ0n) is 28.3. The highest BCUT2D eigenvalue weighted by molar-refractivity contribution is 5.98. The van der Waals surface area contributed by atoms with Crippen LogP contribution in [-0.4, -0.2) is 112 Å². The van der Waals surface area contributed by atoms with Gasteiger partial charge in [-0.25, -0.2) is 5.06 Å². The molecule has 4 amide bonds. The average molecular weight is 690 g/mol. The van der Waals surface area contributed by atoms with E-state index < -0.39 is 23.3 Å². The fourth-order valence-electron chi connectivity index (χ4n) is 4.37. The van der Waals surface area contributed by atoms with Gasteiger partial charge in [-0.3, -0.25) is 24.4 Å². The van der Waals surface area contributed by atoms with Gasteiger partial charge in [0.1, 0.15) is 6.29 Å². The Balaban J connectivity index is 0.000000570. The van der Waals surface area contributed by atoms with Gasteiger partial charge in [-0.1, -0.05) is 19.1 Å². The molecule has 0 bridgehead atoms. The van der Waals surface area contributed by atoms with Crippen LogP contribution in [0.15, 0.2) is 36.4 Å². The SMILES string of the molecule is CCC(=O)N(O)CCCCCNC(=O)CCC=O.CN(CCCCNC(=O)c1cccc(O)c1O)CCCNC(=O)c1cccc(O)c1O. The standard InChI is InChI=1S/C22H29N3O6.C12H22N2O4/c1-25(14-6-12-24-22(31)16-8-5-10-18(27)20(16)29)13-3-2-11-23-21(30)15-7-4-9-17(26)19(15)28;1-2-12(17)14(18)9-5-3-4-8-13-11(16)7-6-10-15/h4-5,7-10,26-29H,2-3,6,11-14H2,1H3,(H,23,30)(H,24,31);10,18H,2-9H2,1H3,(H,13,16). The number of nitrogens with zero attached hydrogens (tertiary/aromatic N) is 2. The van der Waals surface area contributed by atoms with Crippen LogP contribution in [-0.2, 0) is 14.4 Å². The molecule has 15 heteroatoms. The molecular weight excluding hydrogens is 638 g/mol. The number of unbranched alkanes of at least 4 members (excludes halogenated alkanes) is 3. The topological polar surface area (TPSA) is 229 Å². The van der Waals surface area contributed by atoms with Crippen LogP contribution in [0.5, 0.6) is 23.0 Å². The van der Waals surface area contributed by atoms with Gasteiger partial charge in [0.15, 0.2) is 23.0 Å². The molecule has 0 atom stereocenters. The molecule has 0 fully saturated rings. The zero-order valence-corrected chi connectivity index (χ0v) is 28.3. The van der Waals surface area contributed by atoms with Gasteiger partial charge in [-0.15, -0.1) is 0 Å². The lowest BCUT2D eigenvalue weighted by molar-refractivity contribution is -0.165. The van der Waals surface area contributed by atoms with Crippen LogP contribution < -0.4 is 16.0 Å². The zero-order chi connectivity index (χ0) is 36.6. The van der Waals surface area contributed by atoms with Crippen LogP contribution in [0.25, 0.3) is 0 Å². The van der Waals surface area contributed by atoms with E-state index in [2.05, 4.69) is 20.9 Å². The summed E-state index contributed by atoms with van der Waals surface area (Å²) >= 11 is 0. The van der Waals surface area contributed by atoms with E-state index in [1.807, 2.05) is 7.05 Å². The molecule has 0 heterocycles. The minimum absolute atomic E-state index is 0.0365. The summed E-state index contributed by atoms with van der Waals surface area (Å²) in [6.07, 6.45) is 6.15. The maximum atomic E-state index is 12.0. The van der Waals surface area contributed by atoms with Crippen molar-refractivity contribution in [1.29, 1.82) is 0 Å². The Morgan fingerprint density at radius 1 is 0.694 bits per heavy atom. The molecule has 0 saturated heterocycles. The van der Waals surface area contributed by atoms with E-state index in [4.69, 9.17) is 0 Å². The Labute approximate surface area is 286 Å². The quantitative estimate of drug-likeness (QED) is 0.0312. The predicted octanol–water partition coefficient (Wildman–Crippen LogP) is 2.65. The molecule has 0 aliphatic carbocycles. The summed E-state index contributed by atoms with van der Waals surface area (Å²) in [6, 6.07) is 8.49. The summed E-state index contributed by atoms with van der Waals surface area (Å²) in [5.74, 6) is -2.79. The first kappa shape index (κ1) is 42.1. The number of carbonyl (C=O) groups is 5. The number of rotatable bonds is 21. The largest absolute Gasteiger partial charge is 0.504 e. The van der Waals surface area contributed by atoms with Gasteiger partial charge >= 0.3 is 0 Å². The number of para-hydroxylation sites is 2. The van der Waals surface area contributed by atoms with Gasteiger partial charge in [-0.2, -0.15) is 0 Å². The number of amides is 4. The monoisotopic (exact) mass is 689 g/mol. The van der Waals surface area contributed by atoms with Crippen molar-refractivity contribution >= 4 is 29.9 Å². The van der Waals surface area contributed by atoms with E-state index >= 15 is 0 Å². The molecule has 15 nitrogen and oxygen atoms in total. The lowest BCUT2D eigenvalue weighted by Crippen LogP contribution is -2.29. The second-order valence-electron chi connectivity index (χ2n) is 11.2. The first-order chi connectivity index (χ1) is 23.4. The highest BCUT2D eigenvalue weighted by Crippen LogP contribution is 2.28. The van der Waals surface area contributed by atoms with Crippen LogP contribution in [0.1, 0.15) is 85.4 Å². The van der Waals surface area contributed by atoms with Crippen molar-refractivity contribution in [2.24, 2.45) is 0 Å². The minimum atomic E-state index is -0.440. The van der Waals surface area contributed by atoms with E-state index in [9.17, 15) is 49.6 Å². The van der Waals surface area contributed by atoms with Gasteiger partial charge < -0.3 is 46.1 Å². The fraction of sp³-hybridized carbons (Fsp3) is 0.500. The van der Waals surface area contributed by atoms with Crippen molar-refractivity contribution in [1.82, 2.24) is 25.9 Å². The van der Waals surface area contributed by atoms with Gasteiger partial charge in [0, 0.05) is 45.4 Å². The Kier molecular flexibility index (Phi) is 20.9. The molecule has 0 radical (unpaired) electrons. The second kappa shape index (κ2) is 24.3. The molecule has 0 aliphatic heterocycles. The molecule has 0 spiro atoms. The third-order valence-electron chi connectivity index (χ3n) is 7.22. The molecule has 8 N–H and O–H groups in total. The number of hydroxylamine groups is 2. The first-order valence-electron chi connectivity index (χ1n) is 16.4. The number of hydrogen-bond acceptors (Lipinski definition) is 11. The normalized spacial score (nSPS) is 10.4. The maximum absolute atomic E-state index is 12.0. The number of phenolic OH excluding ortho intramolecular Hbond substituents is 4. The molecule has 0 aliphatic rings. The van der Waals surface area contributed by atoms with E-state index in [-0.39, 0.29) is 47.3 Å². The molecule has 0 aromatic heterocycles. The number of phenols is 4. The van der Waals surface area contributed by atoms with Crippen LogP contribution in [0.4, 0.5) is 0 Å². The third-order valence-corrected chi connectivity index (χ3v) is 7.22. The van der Waals surface area contributed by atoms with E-state index in [1.165, 1.54) is 36.4 Å². The van der Waals surface area contributed by atoms with E-state index in [0.717, 1.165) is 56.5 Å². The average Bonchev–Trinajstić information content (AvgIpc) is 3.09. The fourth-order valence-corrected chi connectivity index (χ4v) is 4.37. The number of aldehydes is 1. The molecule has 2 aromatic carbocycles. The highest BCUT2D eigenvalue weighted by atomic mass is 16.5. The number of nitrogens with one attached hydrogen (secondary N) is 3. The van der Waals surface area contributed by atoms with Crippen LogP contribution in [0.3, 0.4) is 0 Å². The molecule has 49 heavy (non-hydrogen) atoms. The molecular formula is C34H51N5O10. The van der Waals surface area contributed by atoms with Gasteiger partial charge in [-0.05, 0) is 82.9 Å². The summed E-state index contributed by atoms with van der Waals surface area (Å²) in [6.45, 7) is 5.04. The van der Waals surface area contributed by atoms with Gasteiger partial charge in [0.25, 0.3) is 11.8 Å². The van der Waals surface area contributed by atoms with Crippen LogP contribution in [0, 0.1) is 0 Å². The van der Waals surface area contributed by atoms with Crippen molar-refractivity contribution in [2.45, 2.75) is 64.7 Å². The Morgan fingerprint density at radius 2 is 1.18 bits per heavy atom. The van der Waals surface area contributed by atoms with E-state index in [1.54, 1.807) is 6.92 Å². The van der Waals surface area contributed by atoms with Gasteiger partial charge in [0.2, 0.25) is 11.8 Å². The highest BCUT2D eigenvalue weighted by Gasteiger charge is 2.14. The Bertz CT molecular complexity index is 1340. The van der Waals surface area contributed by atoms with Gasteiger partial charge in [0.05, 0.1) is 11.1 Å². The maximum Gasteiger partial charge on any atom is 0.255 e. The molecule has 272 valence electrons. The molecule has 2 aromatic rings. The van der Waals surface area contributed by atoms with Crippen molar-refractivity contribution in [3.05, 3.63) is 47.5 Å². The smallest absolute Gasteiger partial charge is 0.255 e. The van der Waals surface area contributed by atoms with Crippen LogP contribution >= 0.6 is 0 Å². The summed E-state index contributed by atoms with van der Waals surface area (Å²) in [7, 11) is 1.96. The van der Waals surface area contributed by atoms with Crippen molar-refractivity contribution < 1.29 is 49.6 Å². The summed E-state index contributed by atoms with van der Waals surface area (Å²) in [5, 5.41) is 56.4. The summed E-state index contributed by atoms with van der Waals surface area (Å²) in [5.41, 5.74) is 0.0765. The second-order valence-corrected chi connectivity index (χ2v) is 11.2. The van der Waals surface area contributed by atoms with Crippen molar-refractivity contribution in [2.75, 3.05) is 46.3 Å². The van der Waals surface area contributed by atoms with Crippen molar-refractivity contribution in [3.8, 4) is 23.0 Å². The number of carbonyl (C=O) groups excluding carboxylic acids is 5. The van der Waals surface area contributed by atoms with Crippen LogP contribution in [0.2, 0.25) is 0 Å². The Morgan fingerprint density at radius 3 is 1.73 bits per heavy atom. The Hall–Kier alpha value is -4.89. The van der Waals surface area contributed by atoms with E-state index in [0.29, 0.717) is 39.0 Å². The molecule has 0 saturated carbocycles. The minimum Gasteiger partial charge on any atom is -0.504 e. The number of benzene rings is 2. The number of aromatic hydroxyl groups is 4. The molecule has 2 rings (SSSR count). The third kappa shape index (κ3) is 17.2. The summed E-state index contributed by atoms with van der Waals surface area (Å²) in [4.78, 5) is 58.3. The first-order valence-corrected chi connectivity index (χ1v) is 16.4. The number of hydrogen-bond donors (Lipinski definition) is 8. The predicted molar refractivity (Wildman–Crippen MR) is 182 cm³/mol. The lowest BCUT2D eigenvalue weighted by atomic mass is 10.1. The lowest BCUT2D eigenvalue weighted by Gasteiger charge is -2.17.